The summed E-state index contributed by atoms with van der Waals surface area (Å²) < 4.78 is 20.8. The van der Waals surface area contributed by atoms with Crippen molar-refractivity contribution in [3.63, 3.8) is 0 Å². The summed E-state index contributed by atoms with van der Waals surface area (Å²) in [6, 6.07) is 0.558. The Kier molecular flexibility index (Phi) is 4.73. The molecule has 11 heavy (non-hydrogen) atoms. The molecule has 7 heteroatoms. The highest BCUT2D eigenvalue weighted by molar-refractivity contribution is 8.13. The van der Waals surface area contributed by atoms with Crippen LogP contribution in [0.15, 0.2) is 0 Å². The van der Waals surface area contributed by atoms with Gasteiger partial charge in [0.25, 0.3) is 0 Å². The Morgan fingerprint density at radius 2 is 1.82 bits per heavy atom. The average Bonchev–Trinajstić information content (AvgIpc) is 1.55. The van der Waals surface area contributed by atoms with Gasteiger partial charge in [-0.25, -0.2) is 8.42 Å². The van der Waals surface area contributed by atoms with Crippen LogP contribution in [0.3, 0.4) is 0 Å². The van der Waals surface area contributed by atoms with E-state index in [4.69, 9.17) is 32.8 Å². The molecule has 0 spiro atoms. The second-order valence-electron chi connectivity index (χ2n) is 2.42. The molecule has 0 atom stereocenters. The van der Waals surface area contributed by atoms with Gasteiger partial charge in [0, 0.05) is 10.7 Å². The molecule has 0 fully saturated rings. The Morgan fingerprint density at radius 3 is 2.09 bits per heavy atom. The molecule has 0 saturated heterocycles. The highest BCUT2D eigenvalue weighted by atomic mass is 35.7. The number of hydrogen-bond acceptors (Lipinski definition) is 2. The molecular formula is C4H9Cl3O2SSi. The minimum absolute atomic E-state index is 0.0451. The quantitative estimate of drug-likeness (QED) is 0.439. The van der Waals surface area contributed by atoms with Crippen LogP contribution in [0.25, 0.3) is 0 Å². The largest absolute Gasteiger partial charge is 0.248 e. The van der Waals surface area contributed by atoms with Gasteiger partial charge < -0.3 is 0 Å². The van der Waals surface area contributed by atoms with Gasteiger partial charge in [0.1, 0.15) is 0 Å². The first-order valence-electron chi connectivity index (χ1n) is 3.01. The van der Waals surface area contributed by atoms with Crippen LogP contribution in [0.4, 0.5) is 0 Å². The number of halogens is 3. The highest BCUT2D eigenvalue weighted by Gasteiger charge is 2.21. The predicted octanol–water partition coefficient (Wildman–Crippen LogP) is 2.49. The summed E-state index contributed by atoms with van der Waals surface area (Å²) >= 11 is 11.5. The van der Waals surface area contributed by atoms with E-state index in [1.165, 1.54) is 0 Å². The maximum absolute atomic E-state index is 10.4. The van der Waals surface area contributed by atoms with E-state index in [2.05, 4.69) is 0 Å². The van der Waals surface area contributed by atoms with E-state index in [9.17, 15) is 8.42 Å². The zero-order valence-corrected chi connectivity index (χ0v) is 10.1. The summed E-state index contributed by atoms with van der Waals surface area (Å²) in [6.07, 6.45) is 0.446. The molecule has 0 aliphatic heterocycles. The van der Waals surface area contributed by atoms with Crippen LogP contribution >= 0.6 is 32.8 Å². The molecule has 0 aromatic rings. The van der Waals surface area contributed by atoms with Crippen molar-refractivity contribution in [1.82, 2.24) is 0 Å². The van der Waals surface area contributed by atoms with E-state index in [0.29, 0.717) is 12.5 Å². The summed E-state index contributed by atoms with van der Waals surface area (Å²) in [5, 5.41) is 0. The van der Waals surface area contributed by atoms with E-state index in [1.54, 1.807) is 6.55 Å². The predicted molar refractivity (Wildman–Crippen MR) is 52.4 cm³/mol. The molecule has 0 unspecified atom stereocenters. The van der Waals surface area contributed by atoms with Gasteiger partial charge in [0.15, 0.2) is 0 Å². The van der Waals surface area contributed by atoms with Crippen LogP contribution in [0.2, 0.25) is 12.6 Å². The molecule has 0 N–H and O–H groups in total. The zero-order chi connectivity index (χ0) is 9.12. The molecule has 0 rings (SSSR count). The van der Waals surface area contributed by atoms with Gasteiger partial charge in [-0.2, -0.15) is 0 Å². The summed E-state index contributed by atoms with van der Waals surface area (Å²) in [7, 11) is 1.59. The number of hydrogen-bond donors (Lipinski definition) is 0. The lowest BCUT2D eigenvalue weighted by Crippen LogP contribution is -2.13. The normalized spacial score (nSPS) is 13.5. The van der Waals surface area contributed by atoms with E-state index in [-0.39, 0.29) is 5.75 Å². The lowest BCUT2D eigenvalue weighted by atomic mass is 10.6. The summed E-state index contributed by atoms with van der Waals surface area (Å²) in [6.45, 7) is -0.389. The summed E-state index contributed by atoms with van der Waals surface area (Å²) in [5.74, 6) is -0.0451. The standard InChI is InChI=1S/C4H9Cl3O2SSi/c1-11(6,7)4-2-3-10(5,8)9/h2-4H2,1H3. The topological polar surface area (TPSA) is 34.1 Å². The molecule has 0 bridgehead atoms. The molecule has 0 radical (unpaired) electrons. The van der Waals surface area contributed by atoms with Crippen LogP contribution in [0.5, 0.6) is 0 Å². The Hall–Kier alpha value is 1.04. The molecule has 0 aliphatic rings. The van der Waals surface area contributed by atoms with Crippen molar-refractivity contribution < 1.29 is 8.42 Å². The van der Waals surface area contributed by atoms with E-state index in [1.807, 2.05) is 0 Å². The molecule has 0 saturated carbocycles. The minimum atomic E-state index is -3.37. The van der Waals surface area contributed by atoms with Crippen molar-refractivity contribution in [2.75, 3.05) is 5.75 Å². The fourth-order valence-electron chi connectivity index (χ4n) is 0.555. The van der Waals surface area contributed by atoms with Crippen LogP contribution < -0.4 is 0 Å². The third kappa shape index (κ3) is 11.0. The first-order valence-corrected chi connectivity index (χ1v) is 10.2. The minimum Gasteiger partial charge on any atom is -0.212 e. The average molecular weight is 256 g/mol. The second-order valence-corrected chi connectivity index (χ2v) is 13.5. The molecule has 0 aromatic heterocycles. The van der Waals surface area contributed by atoms with Gasteiger partial charge in [-0.05, 0) is 19.0 Å². The Morgan fingerprint density at radius 1 is 1.36 bits per heavy atom. The van der Waals surface area contributed by atoms with Crippen molar-refractivity contribution in [3.8, 4) is 0 Å². The van der Waals surface area contributed by atoms with E-state index in [0.717, 1.165) is 0 Å². The Balaban J connectivity index is 3.61. The molecule has 68 valence electrons. The van der Waals surface area contributed by atoms with Gasteiger partial charge in [0.05, 0.1) is 5.75 Å². The maximum atomic E-state index is 10.4. The van der Waals surface area contributed by atoms with Crippen LogP contribution in [0.1, 0.15) is 6.42 Å². The molecular weight excluding hydrogens is 247 g/mol. The molecule has 0 heterocycles. The molecule has 0 aliphatic carbocycles. The fraction of sp³-hybridized carbons (Fsp3) is 1.00. The monoisotopic (exact) mass is 254 g/mol. The van der Waals surface area contributed by atoms with Gasteiger partial charge in [0.2, 0.25) is 15.7 Å². The Bertz CT molecular complexity index is 208. The SMILES string of the molecule is C[Si](Cl)(Cl)CCCS(=O)(=O)Cl. The van der Waals surface area contributed by atoms with Crippen molar-refractivity contribution in [2.24, 2.45) is 0 Å². The van der Waals surface area contributed by atoms with Gasteiger partial charge in [-0.15, -0.1) is 22.2 Å². The van der Waals surface area contributed by atoms with Gasteiger partial charge >= 0.3 is 0 Å². The maximum Gasteiger partial charge on any atom is 0.248 e. The number of rotatable bonds is 4. The lowest BCUT2D eigenvalue weighted by Gasteiger charge is -2.07. The third-order valence-electron chi connectivity index (χ3n) is 1.00. The smallest absolute Gasteiger partial charge is 0.212 e. The van der Waals surface area contributed by atoms with E-state index < -0.39 is 15.7 Å². The van der Waals surface area contributed by atoms with Crippen LogP contribution in [-0.4, -0.2) is 20.9 Å². The first-order chi connectivity index (χ1) is 4.71. The van der Waals surface area contributed by atoms with Crippen molar-refractivity contribution in [3.05, 3.63) is 0 Å². The van der Waals surface area contributed by atoms with Gasteiger partial charge in [-0.1, -0.05) is 0 Å². The molecule has 0 amide bonds. The summed E-state index contributed by atoms with van der Waals surface area (Å²) in [4.78, 5) is 0. The summed E-state index contributed by atoms with van der Waals surface area (Å²) in [5.41, 5.74) is 0. The van der Waals surface area contributed by atoms with Crippen LogP contribution in [-0.2, 0) is 9.05 Å². The second kappa shape index (κ2) is 4.32. The van der Waals surface area contributed by atoms with Gasteiger partial charge in [-0.3, -0.25) is 0 Å². The lowest BCUT2D eigenvalue weighted by molar-refractivity contribution is 0.608. The van der Waals surface area contributed by atoms with E-state index >= 15 is 0 Å². The first kappa shape index (κ1) is 12.0. The zero-order valence-electron chi connectivity index (χ0n) is 5.98. The molecule has 0 aromatic carbocycles. The van der Waals surface area contributed by atoms with Crippen molar-refractivity contribution in [1.29, 1.82) is 0 Å². The van der Waals surface area contributed by atoms with Crippen molar-refractivity contribution >= 4 is 48.6 Å². The molecule has 2 nitrogen and oxygen atoms in total. The Labute approximate surface area is 81.7 Å². The highest BCUT2D eigenvalue weighted by Crippen LogP contribution is 2.22. The van der Waals surface area contributed by atoms with Crippen molar-refractivity contribution in [2.45, 2.75) is 19.0 Å². The van der Waals surface area contributed by atoms with Crippen LogP contribution in [0, 0.1) is 0 Å². The fourth-order valence-corrected chi connectivity index (χ4v) is 3.23. The third-order valence-corrected chi connectivity index (χ3v) is 4.61.